The lowest BCUT2D eigenvalue weighted by Gasteiger charge is -1.99. The predicted molar refractivity (Wildman–Crippen MR) is 59.6 cm³/mol. The van der Waals surface area contributed by atoms with Gasteiger partial charge in [-0.05, 0) is 11.4 Å². The molecular weight excluding hydrogens is 208 g/mol. The Kier molecular flexibility index (Phi) is 3.18. The highest BCUT2D eigenvalue weighted by atomic mass is 32.1. The number of rotatable bonds is 2. The first kappa shape index (κ1) is 9.97. The van der Waals surface area contributed by atoms with E-state index < -0.39 is 0 Å². The van der Waals surface area contributed by atoms with Gasteiger partial charge in [0.1, 0.15) is 6.61 Å². The van der Waals surface area contributed by atoms with Crippen LogP contribution in [0.2, 0.25) is 0 Å². The van der Waals surface area contributed by atoms with Crippen molar-refractivity contribution in [2.24, 2.45) is 0 Å². The van der Waals surface area contributed by atoms with Gasteiger partial charge in [0.05, 0.1) is 12.9 Å². The molecule has 76 valence electrons. The van der Waals surface area contributed by atoms with Crippen LogP contribution in [0.15, 0.2) is 30.2 Å². The van der Waals surface area contributed by atoms with Gasteiger partial charge < -0.3 is 9.67 Å². The van der Waals surface area contributed by atoms with Crippen molar-refractivity contribution in [1.29, 1.82) is 0 Å². The molecule has 2 aromatic heterocycles. The van der Waals surface area contributed by atoms with Gasteiger partial charge in [-0.2, -0.15) is 0 Å². The molecule has 0 aromatic carbocycles. The summed E-state index contributed by atoms with van der Waals surface area (Å²) in [6, 6.07) is 1.97. The first-order chi connectivity index (χ1) is 7.40. The summed E-state index contributed by atoms with van der Waals surface area (Å²) in [6.45, 7) is 0.688. The molecule has 0 amide bonds. The van der Waals surface area contributed by atoms with E-state index in [9.17, 15) is 0 Å². The van der Waals surface area contributed by atoms with Crippen LogP contribution in [-0.2, 0) is 6.54 Å². The smallest absolute Gasteiger partial charge is 0.104 e. The molecule has 0 radical (unpaired) electrons. The Hall–Kier alpha value is -1.57. The third kappa shape index (κ3) is 2.46. The highest BCUT2D eigenvalue weighted by Crippen LogP contribution is 2.16. The molecule has 0 spiro atoms. The zero-order chi connectivity index (χ0) is 10.5. The average Bonchev–Trinajstić information content (AvgIpc) is 2.87. The van der Waals surface area contributed by atoms with Crippen molar-refractivity contribution in [2.45, 2.75) is 6.54 Å². The Labute approximate surface area is 92.0 Å². The van der Waals surface area contributed by atoms with Crippen LogP contribution in [0.3, 0.4) is 0 Å². The topological polar surface area (TPSA) is 38.0 Å². The Morgan fingerprint density at radius 3 is 3.20 bits per heavy atom. The summed E-state index contributed by atoms with van der Waals surface area (Å²) in [5, 5.41) is 10.6. The summed E-state index contributed by atoms with van der Waals surface area (Å²) >= 11 is 1.67. The predicted octanol–water partition coefficient (Wildman–Crippen LogP) is 1.34. The van der Waals surface area contributed by atoms with E-state index >= 15 is 0 Å². The maximum Gasteiger partial charge on any atom is 0.104 e. The summed E-state index contributed by atoms with van der Waals surface area (Å²) in [7, 11) is 0. The van der Waals surface area contributed by atoms with Crippen LogP contribution in [0.25, 0.3) is 0 Å². The van der Waals surface area contributed by atoms with Crippen LogP contribution in [0.1, 0.15) is 10.4 Å². The fourth-order valence-corrected chi connectivity index (χ4v) is 2.09. The van der Waals surface area contributed by atoms with E-state index in [2.05, 4.69) is 16.8 Å². The van der Waals surface area contributed by atoms with Crippen molar-refractivity contribution in [3.05, 3.63) is 40.6 Å². The second-order valence-electron chi connectivity index (χ2n) is 2.95. The van der Waals surface area contributed by atoms with Gasteiger partial charge in [0.2, 0.25) is 0 Å². The van der Waals surface area contributed by atoms with Crippen molar-refractivity contribution in [3.8, 4) is 11.8 Å². The van der Waals surface area contributed by atoms with Crippen LogP contribution in [0.5, 0.6) is 0 Å². The first-order valence-electron chi connectivity index (χ1n) is 4.52. The third-order valence-electron chi connectivity index (χ3n) is 1.93. The maximum atomic E-state index is 8.63. The fourth-order valence-electron chi connectivity index (χ4n) is 1.26. The van der Waals surface area contributed by atoms with E-state index in [0.717, 1.165) is 12.1 Å². The second-order valence-corrected chi connectivity index (χ2v) is 3.95. The van der Waals surface area contributed by atoms with Crippen LogP contribution in [-0.4, -0.2) is 21.3 Å². The van der Waals surface area contributed by atoms with Gasteiger partial charge in [-0.25, -0.2) is 4.98 Å². The fraction of sp³-hybridized carbons (Fsp3) is 0.182. The van der Waals surface area contributed by atoms with E-state index in [-0.39, 0.29) is 6.61 Å². The molecule has 0 saturated heterocycles. The van der Waals surface area contributed by atoms with E-state index in [0.29, 0.717) is 0 Å². The Balaban J connectivity index is 2.18. The summed E-state index contributed by atoms with van der Waals surface area (Å²) in [4.78, 5) is 5.17. The number of hydrogen-bond donors (Lipinski definition) is 1. The van der Waals surface area contributed by atoms with Gasteiger partial charge in [0.15, 0.2) is 0 Å². The Morgan fingerprint density at radius 1 is 1.53 bits per heavy atom. The highest BCUT2D eigenvalue weighted by molar-refractivity contribution is 7.10. The molecule has 1 N–H and O–H groups in total. The minimum Gasteiger partial charge on any atom is -0.384 e. The zero-order valence-corrected chi connectivity index (χ0v) is 8.87. The lowest BCUT2D eigenvalue weighted by Crippen LogP contribution is -1.95. The number of aliphatic hydroxyl groups excluding tert-OH is 1. The molecule has 2 heterocycles. The number of hydrogen-bond acceptors (Lipinski definition) is 3. The standard InChI is InChI=1S/C11H10N2OS/c14-6-1-2-10-3-7-15-11(10)8-13-5-4-12-9-13/h3-5,7,9,14H,6,8H2. The Bertz CT molecular complexity index is 476. The van der Waals surface area contributed by atoms with Crippen LogP contribution in [0.4, 0.5) is 0 Å². The van der Waals surface area contributed by atoms with Gasteiger partial charge in [0, 0.05) is 22.8 Å². The molecule has 3 nitrogen and oxygen atoms in total. The molecule has 0 aliphatic carbocycles. The van der Waals surface area contributed by atoms with Crippen LogP contribution in [0, 0.1) is 11.8 Å². The average molecular weight is 218 g/mol. The molecule has 0 unspecified atom stereocenters. The molecule has 15 heavy (non-hydrogen) atoms. The van der Waals surface area contributed by atoms with E-state index in [1.165, 1.54) is 4.88 Å². The lowest BCUT2D eigenvalue weighted by molar-refractivity contribution is 0.350. The normalized spacial score (nSPS) is 9.67. The van der Waals surface area contributed by atoms with Gasteiger partial charge in [0.25, 0.3) is 0 Å². The molecule has 0 aliphatic heterocycles. The zero-order valence-electron chi connectivity index (χ0n) is 8.05. The monoisotopic (exact) mass is 218 g/mol. The summed E-state index contributed by atoms with van der Waals surface area (Å²) in [5.41, 5.74) is 0.989. The largest absolute Gasteiger partial charge is 0.384 e. The van der Waals surface area contributed by atoms with Crippen molar-refractivity contribution in [3.63, 3.8) is 0 Å². The highest BCUT2D eigenvalue weighted by Gasteiger charge is 2.01. The molecule has 4 heteroatoms. The molecular formula is C11H10N2OS. The van der Waals surface area contributed by atoms with Crippen molar-refractivity contribution < 1.29 is 5.11 Å². The van der Waals surface area contributed by atoms with Crippen LogP contribution < -0.4 is 0 Å². The van der Waals surface area contributed by atoms with Gasteiger partial charge in [-0.15, -0.1) is 11.3 Å². The molecule has 2 aromatic rings. The number of thiophene rings is 1. The molecule has 0 fully saturated rings. The molecule has 0 saturated carbocycles. The van der Waals surface area contributed by atoms with E-state index in [4.69, 9.17) is 5.11 Å². The third-order valence-corrected chi connectivity index (χ3v) is 2.84. The summed E-state index contributed by atoms with van der Waals surface area (Å²) in [5.74, 6) is 5.59. The molecule has 0 bridgehead atoms. The minimum absolute atomic E-state index is 0.0969. The maximum absolute atomic E-state index is 8.63. The molecule has 0 atom stereocenters. The van der Waals surface area contributed by atoms with Crippen molar-refractivity contribution >= 4 is 11.3 Å². The molecule has 2 rings (SSSR count). The Morgan fingerprint density at radius 2 is 2.47 bits per heavy atom. The summed E-state index contributed by atoms with van der Waals surface area (Å²) < 4.78 is 2.00. The lowest BCUT2D eigenvalue weighted by atomic mass is 10.2. The van der Waals surface area contributed by atoms with E-state index in [1.54, 1.807) is 23.9 Å². The molecule has 0 aliphatic rings. The second kappa shape index (κ2) is 4.78. The number of aliphatic hydroxyl groups is 1. The SMILES string of the molecule is OCC#Cc1ccsc1Cn1ccnc1. The van der Waals surface area contributed by atoms with Gasteiger partial charge >= 0.3 is 0 Å². The van der Waals surface area contributed by atoms with Crippen molar-refractivity contribution in [2.75, 3.05) is 6.61 Å². The number of aromatic nitrogens is 2. The quantitative estimate of drug-likeness (QED) is 0.772. The summed E-state index contributed by atoms with van der Waals surface area (Å²) in [6.07, 6.45) is 5.46. The van der Waals surface area contributed by atoms with Crippen molar-refractivity contribution in [1.82, 2.24) is 9.55 Å². The van der Waals surface area contributed by atoms with E-state index in [1.807, 2.05) is 22.2 Å². The number of nitrogens with zero attached hydrogens (tertiary/aromatic N) is 2. The van der Waals surface area contributed by atoms with Gasteiger partial charge in [-0.1, -0.05) is 11.8 Å². The number of imidazole rings is 1. The minimum atomic E-state index is -0.0969. The first-order valence-corrected chi connectivity index (χ1v) is 5.40. The van der Waals surface area contributed by atoms with Gasteiger partial charge in [-0.3, -0.25) is 0 Å². The van der Waals surface area contributed by atoms with Crippen LogP contribution >= 0.6 is 11.3 Å².